The number of carbonyl (C=O) groups excluding carboxylic acids is 4. The molecular weight excluding hydrogens is 1660 g/mol. The van der Waals surface area contributed by atoms with Crippen LogP contribution in [0.1, 0.15) is 258 Å². The number of hydrogen-bond donors (Lipinski definition) is 0. The van der Waals surface area contributed by atoms with Gasteiger partial charge in [0.05, 0.1) is 35.5 Å². The number of hydrogen-bond acceptors (Lipinski definition) is 12. The molecule has 0 fully saturated rings. The first-order valence-electron chi connectivity index (χ1n) is 43.4. The number of aromatic nitrogens is 8. The van der Waals surface area contributed by atoms with Gasteiger partial charge in [-0.25, -0.2) is 26.5 Å². The summed E-state index contributed by atoms with van der Waals surface area (Å²) in [5.41, 5.74) is 24.9. The monoisotopic (exact) mass is 1780 g/mol. The predicted molar refractivity (Wildman–Crippen MR) is 520 cm³/mol. The summed E-state index contributed by atoms with van der Waals surface area (Å²) >= 11 is 24.8. The van der Waals surface area contributed by atoms with E-state index in [0.29, 0.717) is 39.7 Å². The molecule has 21 heteroatoms. The Kier molecular flexibility index (Phi) is 32.4. The van der Waals surface area contributed by atoms with E-state index in [9.17, 15) is 19.2 Å². The van der Waals surface area contributed by atoms with E-state index in [2.05, 4.69) is 86.8 Å². The molecule has 0 amide bonds. The van der Waals surface area contributed by atoms with Crippen LogP contribution in [0.15, 0.2) is 97.1 Å². The van der Waals surface area contributed by atoms with Crippen molar-refractivity contribution in [3.05, 3.63) is 219 Å². The first kappa shape index (κ1) is 100. The summed E-state index contributed by atoms with van der Waals surface area (Å²) in [4.78, 5) is 74.8. The van der Waals surface area contributed by atoms with E-state index < -0.39 is 46.8 Å². The van der Waals surface area contributed by atoms with Gasteiger partial charge in [0.25, 0.3) is 0 Å². The molecule has 0 aliphatic heterocycles. The molecule has 0 radical (unpaired) electrons. The number of carbonyl (C=O) groups is 4. The fraction of sp³-hybridized carbons (Fsp3) is 0.438. The maximum absolute atomic E-state index is 12.9. The average molecular weight is 1790 g/mol. The van der Waals surface area contributed by atoms with Crippen molar-refractivity contribution in [3.63, 3.8) is 0 Å². The largest absolute Gasteiger partial charge is 0.360 e. The minimum Gasteiger partial charge on any atom is -0.360 e. The molecule has 4 unspecified atom stereocenters. The van der Waals surface area contributed by atoms with E-state index in [0.717, 1.165) is 189 Å². The molecule has 0 saturated heterocycles. The number of terminal acetylenes is 1. The second-order valence-corrected chi connectivity index (χ2v) is 38.7. The number of pyridine rings is 4. The Labute approximate surface area is 766 Å². The molecule has 0 saturated carbocycles. The SMILES string of the molecule is C#CCn1c(C)c(C)c2c(-c3ccc(Cl)cc3)c(C(OC(C)(C)C)C(C)=O)c(C)nc21.CCCCn1c(C)c(C)c2c(-c3ccc(Cl)cc3)c(C(OC(C)(C)C)C(C)=O)c(C)nc21.CCCn1c(C)c(C)c2c(-c3ccc(Cl)cc3)c(C(OC(C)(C)C)C(C)=O)c(C)nc21.[C-]#[N+]CCn1c(C)c(C)c2c(-c3ccc(Cl)cc3)c(C(OC(C)(C)C)C(C)=O)c(C)nc21. The fourth-order valence-electron chi connectivity index (χ4n) is 16.7. The van der Waals surface area contributed by atoms with E-state index in [1.807, 2.05) is 219 Å². The Bertz CT molecular complexity index is 6160. The van der Waals surface area contributed by atoms with Crippen LogP contribution in [-0.4, -0.2) is 90.3 Å². The summed E-state index contributed by atoms with van der Waals surface area (Å²) < 4.78 is 33.9. The van der Waals surface area contributed by atoms with E-state index >= 15 is 0 Å². The molecule has 4 aromatic carbocycles. The van der Waals surface area contributed by atoms with Crippen LogP contribution < -0.4 is 0 Å². The first-order chi connectivity index (χ1) is 58.8. The Hall–Kier alpha value is -9.63. The Balaban J connectivity index is 0.000000190. The molecule has 12 rings (SSSR count). The highest BCUT2D eigenvalue weighted by atomic mass is 35.5. The van der Waals surface area contributed by atoms with Crippen molar-refractivity contribution in [3.8, 4) is 56.9 Å². The van der Waals surface area contributed by atoms with Crippen molar-refractivity contribution in [2.75, 3.05) is 6.54 Å². The van der Waals surface area contributed by atoms with Crippen molar-refractivity contribution in [2.24, 2.45) is 0 Å². The number of aryl methyl sites for hydroxylation is 10. The van der Waals surface area contributed by atoms with Crippen molar-refractivity contribution >= 4 is 114 Å². The molecule has 0 aliphatic rings. The Morgan fingerprint density at radius 1 is 0.373 bits per heavy atom. The summed E-state index contributed by atoms with van der Waals surface area (Å²) in [6.07, 6.45) is 5.99. The Morgan fingerprint density at radius 3 is 0.802 bits per heavy atom. The molecule has 0 aliphatic carbocycles. The Morgan fingerprint density at radius 2 is 0.595 bits per heavy atom. The summed E-state index contributed by atoms with van der Waals surface area (Å²) in [6.45, 7) is 69.2. The number of ether oxygens (including phenoxy) is 4. The van der Waals surface area contributed by atoms with E-state index in [1.54, 1.807) is 27.7 Å². The summed E-state index contributed by atoms with van der Waals surface area (Å²) in [5, 5.41) is 6.80. The molecule has 8 heterocycles. The van der Waals surface area contributed by atoms with Gasteiger partial charge in [-0.15, -0.1) is 6.42 Å². The van der Waals surface area contributed by atoms with Gasteiger partial charge in [-0.2, -0.15) is 0 Å². The number of benzene rings is 4. The smallest absolute Gasteiger partial charge is 0.232 e. The number of nitrogens with zero attached hydrogens (tertiary/aromatic N) is 9. The van der Waals surface area contributed by atoms with Gasteiger partial charge in [0, 0.05) is 145 Å². The van der Waals surface area contributed by atoms with Crippen molar-refractivity contribution < 1.29 is 38.1 Å². The van der Waals surface area contributed by atoms with Crippen LogP contribution >= 0.6 is 46.4 Å². The molecule has 0 bridgehead atoms. The third-order valence-electron chi connectivity index (χ3n) is 22.7. The summed E-state index contributed by atoms with van der Waals surface area (Å²) in [7, 11) is 0. The second-order valence-electron chi connectivity index (χ2n) is 37.0. The van der Waals surface area contributed by atoms with Crippen LogP contribution in [0.4, 0.5) is 0 Å². The van der Waals surface area contributed by atoms with Gasteiger partial charge in [-0.3, -0.25) is 19.2 Å². The molecule has 126 heavy (non-hydrogen) atoms. The van der Waals surface area contributed by atoms with E-state index in [-0.39, 0.29) is 23.1 Å². The van der Waals surface area contributed by atoms with Gasteiger partial charge in [0.15, 0.2) is 23.1 Å². The second kappa shape index (κ2) is 40.8. The number of fused-ring (bicyclic) bond motifs is 4. The lowest BCUT2D eigenvalue weighted by atomic mass is 9.90. The normalized spacial score (nSPS) is 12.9. The van der Waals surface area contributed by atoms with Crippen LogP contribution in [0.5, 0.6) is 0 Å². The number of ketones is 4. The maximum atomic E-state index is 12.9. The lowest BCUT2D eigenvalue weighted by molar-refractivity contribution is -0.139. The standard InChI is InChI=1S/C27H35ClN2O2.C26H30ClN3O2.C26H33ClN2O2.C26H29ClN2O2/c1-9-10-15-30-18(4)16(2)22-24(20-11-13-21(28)14-12-20)23(17(3)29-26(22)30)25(19(5)31)32-27(6,7)8;1-15-17(3)30(14-13-28-8)25-21(15)23(19-9-11-20(27)12-10-19)22(16(2)29-25)24(18(4)31)32-26(5,6)7;2*1-9-14-29-17(4)15(2)21-23(19-10-12-20(27)13-11-19)22(16(3)28-25(21)29)24(18(5)30)31-26(6,7)8/h11-14,25H,9-10,15H2,1-8H3;9-12,24H,13-14H2,1-7H3;10-13,24H,9,14H2,1-8H3;1,10-13,24H,14H2,2-8H3. The molecule has 4 atom stereocenters. The minimum atomic E-state index is -0.746. The zero-order valence-electron chi connectivity index (χ0n) is 79.6. The molecule has 0 spiro atoms. The van der Waals surface area contributed by atoms with E-state index in [1.165, 1.54) is 22.5 Å². The van der Waals surface area contributed by atoms with Crippen LogP contribution in [0, 0.1) is 102 Å². The topological polar surface area (TPSA) is 181 Å². The molecule has 0 N–H and O–H groups in total. The van der Waals surface area contributed by atoms with E-state index in [4.69, 9.17) is 98.3 Å². The van der Waals surface area contributed by atoms with Gasteiger partial charge < -0.3 is 42.1 Å². The van der Waals surface area contributed by atoms with Gasteiger partial charge in [-0.05, 0) is 300 Å². The summed E-state index contributed by atoms with van der Waals surface area (Å²) in [6, 6.07) is 31.0. The third kappa shape index (κ3) is 22.4. The van der Waals surface area contributed by atoms with Gasteiger partial charge in [0.1, 0.15) is 47.0 Å². The highest BCUT2D eigenvalue weighted by molar-refractivity contribution is 6.31. The maximum Gasteiger partial charge on any atom is 0.232 e. The first-order valence-corrected chi connectivity index (χ1v) is 44.9. The molecule has 17 nitrogen and oxygen atoms in total. The quantitative estimate of drug-likeness (QED) is 0.0413. The fourth-order valence-corrected chi connectivity index (χ4v) is 17.2. The van der Waals surface area contributed by atoms with Crippen LogP contribution in [0.25, 0.3) is 93.5 Å². The van der Waals surface area contributed by atoms with Gasteiger partial charge in [-0.1, -0.05) is 121 Å². The molecule has 668 valence electrons. The lowest BCUT2D eigenvalue weighted by Gasteiger charge is -2.29. The number of Topliss-reactive ketones (excluding diaryl/α,β-unsaturated/α-hetero) is 4. The number of halogens is 4. The zero-order chi connectivity index (χ0) is 93.8. The zero-order valence-corrected chi connectivity index (χ0v) is 82.6. The predicted octanol–water partition coefficient (Wildman–Crippen LogP) is 27.7. The number of rotatable bonds is 24. The highest BCUT2D eigenvalue weighted by Crippen LogP contribution is 2.49. The van der Waals surface area contributed by atoms with Crippen LogP contribution in [0.3, 0.4) is 0 Å². The summed E-state index contributed by atoms with van der Waals surface area (Å²) in [5.74, 6) is 2.54. The van der Waals surface area contributed by atoms with Gasteiger partial charge >= 0.3 is 0 Å². The molecule has 8 aromatic heterocycles. The third-order valence-corrected chi connectivity index (χ3v) is 23.8. The van der Waals surface area contributed by atoms with Crippen molar-refractivity contribution in [1.82, 2.24) is 38.2 Å². The van der Waals surface area contributed by atoms with Crippen LogP contribution in [0.2, 0.25) is 20.1 Å². The average Bonchev–Trinajstić information content (AvgIpc) is 1.58. The minimum absolute atomic E-state index is 0.0285. The van der Waals surface area contributed by atoms with Crippen LogP contribution in [-0.2, 0) is 64.3 Å². The molecule has 12 aromatic rings. The molecular formula is C105H127Cl4N9O8. The highest BCUT2D eigenvalue weighted by Gasteiger charge is 2.38. The lowest BCUT2D eigenvalue weighted by Crippen LogP contribution is -2.27. The van der Waals surface area contributed by atoms with Crippen molar-refractivity contribution in [2.45, 2.75) is 300 Å². The van der Waals surface area contributed by atoms with Crippen molar-refractivity contribution in [1.29, 1.82) is 0 Å². The van der Waals surface area contributed by atoms with Gasteiger partial charge in [0.2, 0.25) is 6.54 Å². The number of unbranched alkanes of at least 4 members (excludes halogenated alkanes) is 1.